The molecular formula is C24H32ClN3O4S. The fourth-order valence-corrected chi connectivity index (χ4v) is 4.46. The van der Waals surface area contributed by atoms with Crippen LogP contribution in [0.15, 0.2) is 54.6 Å². The molecule has 33 heavy (non-hydrogen) atoms. The van der Waals surface area contributed by atoms with Crippen LogP contribution < -0.4 is 9.62 Å². The number of sulfonamides is 1. The number of hydrogen-bond donors (Lipinski definition) is 1. The Bertz CT molecular complexity index is 1010. The van der Waals surface area contributed by atoms with Gasteiger partial charge in [0.05, 0.1) is 11.9 Å². The summed E-state index contributed by atoms with van der Waals surface area (Å²) in [5, 5.41) is 3.32. The molecule has 0 fully saturated rings. The monoisotopic (exact) mass is 493 g/mol. The third-order valence-corrected chi connectivity index (χ3v) is 6.61. The van der Waals surface area contributed by atoms with Crippen LogP contribution in [0.3, 0.4) is 0 Å². The van der Waals surface area contributed by atoms with Crippen molar-refractivity contribution in [1.82, 2.24) is 10.2 Å². The van der Waals surface area contributed by atoms with Crippen LogP contribution in [0.2, 0.25) is 5.02 Å². The largest absolute Gasteiger partial charge is 0.354 e. The van der Waals surface area contributed by atoms with Gasteiger partial charge in [0.15, 0.2) is 0 Å². The van der Waals surface area contributed by atoms with Gasteiger partial charge < -0.3 is 10.2 Å². The molecule has 0 heterocycles. The van der Waals surface area contributed by atoms with Gasteiger partial charge >= 0.3 is 0 Å². The summed E-state index contributed by atoms with van der Waals surface area (Å²) in [4.78, 5) is 27.8. The van der Waals surface area contributed by atoms with Crippen molar-refractivity contribution in [3.8, 4) is 0 Å². The second-order valence-corrected chi connectivity index (χ2v) is 10.1. The molecule has 1 atom stereocenters. The van der Waals surface area contributed by atoms with Gasteiger partial charge in [-0.3, -0.25) is 13.9 Å². The number of nitrogens with one attached hydrogen (secondary N) is 1. The minimum atomic E-state index is -3.75. The van der Waals surface area contributed by atoms with E-state index in [0.717, 1.165) is 22.5 Å². The summed E-state index contributed by atoms with van der Waals surface area (Å²) in [6.45, 7) is 4.18. The van der Waals surface area contributed by atoms with Crippen LogP contribution in [-0.4, -0.2) is 57.1 Å². The van der Waals surface area contributed by atoms with Crippen molar-refractivity contribution in [3.05, 3.63) is 65.2 Å². The predicted octanol–water partition coefficient (Wildman–Crippen LogP) is 3.48. The van der Waals surface area contributed by atoms with Crippen LogP contribution in [0.5, 0.6) is 0 Å². The maximum Gasteiger partial charge on any atom is 0.244 e. The van der Waals surface area contributed by atoms with Crippen molar-refractivity contribution in [2.24, 2.45) is 0 Å². The number of rotatable bonds is 12. The van der Waals surface area contributed by atoms with Gasteiger partial charge in [-0.2, -0.15) is 0 Å². The van der Waals surface area contributed by atoms with Gasteiger partial charge in [-0.25, -0.2) is 8.42 Å². The number of carbonyl (C=O) groups excluding carboxylic acids is 2. The molecule has 0 aliphatic rings. The lowest BCUT2D eigenvalue weighted by Crippen LogP contribution is -2.53. The molecule has 2 amide bonds. The molecule has 0 aliphatic carbocycles. The molecule has 2 aromatic carbocycles. The second-order valence-electron chi connectivity index (χ2n) is 7.78. The molecule has 0 saturated heterocycles. The zero-order valence-corrected chi connectivity index (χ0v) is 20.9. The Balaban J connectivity index is 2.32. The van der Waals surface area contributed by atoms with Gasteiger partial charge in [-0.1, -0.05) is 55.8 Å². The Labute approximate surface area is 201 Å². The van der Waals surface area contributed by atoms with Crippen LogP contribution in [0, 0.1) is 0 Å². The fraction of sp³-hybridized carbons (Fsp3) is 0.417. The Morgan fingerprint density at radius 3 is 2.21 bits per heavy atom. The Hall–Kier alpha value is -2.58. The zero-order valence-electron chi connectivity index (χ0n) is 19.3. The number of nitrogens with zero attached hydrogens (tertiary/aromatic N) is 2. The molecule has 7 nitrogen and oxygen atoms in total. The number of hydrogen-bond acceptors (Lipinski definition) is 4. The predicted molar refractivity (Wildman–Crippen MR) is 133 cm³/mol. The molecule has 2 aromatic rings. The highest BCUT2D eigenvalue weighted by Gasteiger charge is 2.31. The highest BCUT2D eigenvalue weighted by atomic mass is 35.5. The van der Waals surface area contributed by atoms with E-state index in [2.05, 4.69) is 5.32 Å². The summed E-state index contributed by atoms with van der Waals surface area (Å²) in [5.41, 5.74) is 1.36. The number of benzene rings is 2. The molecule has 0 aliphatic heterocycles. The molecule has 0 bridgehead atoms. The van der Waals surface area contributed by atoms with Gasteiger partial charge in [0.1, 0.15) is 12.6 Å². The third-order valence-electron chi connectivity index (χ3n) is 5.21. The van der Waals surface area contributed by atoms with Crippen molar-refractivity contribution in [1.29, 1.82) is 0 Å². The molecule has 180 valence electrons. The smallest absolute Gasteiger partial charge is 0.244 e. The highest BCUT2D eigenvalue weighted by Crippen LogP contribution is 2.21. The van der Waals surface area contributed by atoms with E-state index in [1.165, 1.54) is 4.90 Å². The lowest BCUT2D eigenvalue weighted by atomic mass is 10.1. The first-order chi connectivity index (χ1) is 15.7. The first-order valence-corrected chi connectivity index (χ1v) is 13.2. The van der Waals surface area contributed by atoms with E-state index in [1.54, 1.807) is 24.3 Å². The molecule has 0 unspecified atom stereocenters. The van der Waals surface area contributed by atoms with Gasteiger partial charge in [-0.05, 0) is 49.1 Å². The van der Waals surface area contributed by atoms with E-state index < -0.39 is 28.5 Å². The van der Waals surface area contributed by atoms with Crippen LogP contribution in [0.1, 0.15) is 32.3 Å². The molecule has 9 heteroatoms. The van der Waals surface area contributed by atoms with E-state index in [1.807, 2.05) is 44.2 Å². The van der Waals surface area contributed by atoms with E-state index >= 15 is 0 Å². The van der Waals surface area contributed by atoms with Crippen molar-refractivity contribution in [2.75, 3.05) is 30.2 Å². The lowest BCUT2D eigenvalue weighted by molar-refractivity contribution is -0.139. The van der Waals surface area contributed by atoms with Gasteiger partial charge in [-0.15, -0.1) is 0 Å². The summed E-state index contributed by atoms with van der Waals surface area (Å²) in [6.07, 6.45) is 2.78. The summed E-state index contributed by atoms with van der Waals surface area (Å²) in [7, 11) is -3.75. The SMILES string of the molecule is CCCNC(=O)[C@H](CC)N(CCc1ccccc1)C(=O)CN(c1ccc(Cl)cc1)S(C)(=O)=O. The second kappa shape index (κ2) is 12.6. The molecule has 0 radical (unpaired) electrons. The topological polar surface area (TPSA) is 86.8 Å². The Morgan fingerprint density at radius 2 is 1.67 bits per heavy atom. The molecule has 0 saturated carbocycles. The average molecular weight is 494 g/mol. The summed E-state index contributed by atoms with van der Waals surface area (Å²) >= 11 is 5.94. The number of anilines is 1. The summed E-state index contributed by atoms with van der Waals surface area (Å²) in [6, 6.07) is 15.2. The number of halogens is 1. The van der Waals surface area contributed by atoms with E-state index in [0.29, 0.717) is 36.6 Å². The number of amides is 2. The van der Waals surface area contributed by atoms with Crippen LogP contribution in [0.4, 0.5) is 5.69 Å². The maximum atomic E-state index is 13.5. The summed E-state index contributed by atoms with van der Waals surface area (Å²) < 4.78 is 26.1. The fourth-order valence-electron chi connectivity index (χ4n) is 3.48. The van der Waals surface area contributed by atoms with Gasteiger partial charge in [0, 0.05) is 18.1 Å². The Kier molecular flexibility index (Phi) is 10.2. The van der Waals surface area contributed by atoms with Crippen LogP contribution >= 0.6 is 11.6 Å². The quantitative estimate of drug-likeness (QED) is 0.490. The Morgan fingerprint density at radius 1 is 1.03 bits per heavy atom. The van der Waals surface area contributed by atoms with Crippen molar-refractivity contribution >= 4 is 39.1 Å². The van der Waals surface area contributed by atoms with Crippen molar-refractivity contribution < 1.29 is 18.0 Å². The third kappa shape index (κ3) is 8.05. The minimum absolute atomic E-state index is 0.238. The highest BCUT2D eigenvalue weighted by molar-refractivity contribution is 7.92. The molecule has 1 N–H and O–H groups in total. The molecule has 2 rings (SSSR count). The maximum absolute atomic E-state index is 13.5. The van der Waals surface area contributed by atoms with E-state index in [4.69, 9.17) is 11.6 Å². The van der Waals surface area contributed by atoms with E-state index in [-0.39, 0.29) is 5.91 Å². The lowest BCUT2D eigenvalue weighted by Gasteiger charge is -2.32. The van der Waals surface area contributed by atoms with Crippen molar-refractivity contribution in [2.45, 2.75) is 39.2 Å². The summed E-state index contributed by atoms with van der Waals surface area (Å²) in [5.74, 6) is -0.678. The molecular weight excluding hydrogens is 462 g/mol. The normalized spacial score (nSPS) is 12.1. The first-order valence-electron chi connectivity index (χ1n) is 11.0. The van der Waals surface area contributed by atoms with E-state index in [9.17, 15) is 18.0 Å². The van der Waals surface area contributed by atoms with Crippen LogP contribution in [0.25, 0.3) is 0 Å². The minimum Gasteiger partial charge on any atom is -0.354 e. The van der Waals surface area contributed by atoms with Crippen molar-refractivity contribution in [3.63, 3.8) is 0 Å². The van der Waals surface area contributed by atoms with Gasteiger partial charge in [0.25, 0.3) is 0 Å². The first kappa shape index (κ1) is 26.7. The van der Waals surface area contributed by atoms with Gasteiger partial charge in [0.2, 0.25) is 21.8 Å². The number of carbonyl (C=O) groups is 2. The molecule has 0 aromatic heterocycles. The zero-order chi connectivity index (χ0) is 24.4. The average Bonchev–Trinajstić information content (AvgIpc) is 2.79. The van der Waals surface area contributed by atoms with Crippen LogP contribution in [-0.2, 0) is 26.0 Å². The molecule has 0 spiro atoms. The standard InChI is InChI=1S/C24H32ClN3O4S/c1-4-16-26-24(30)22(5-2)27(17-15-19-9-7-6-8-10-19)23(29)18-28(33(3,31)32)21-13-11-20(25)12-14-21/h6-14,22H,4-5,15-18H2,1-3H3,(H,26,30)/t22-/m0/s1.